The highest BCUT2D eigenvalue weighted by atomic mass is 127. The molecule has 0 amide bonds. The van der Waals surface area contributed by atoms with Gasteiger partial charge in [0.1, 0.15) is 11.6 Å². The van der Waals surface area contributed by atoms with Crippen LogP contribution in [0.3, 0.4) is 0 Å². The van der Waals surface area contributed by atoms with Gasteiger partial charge in [0.15, 0.2) is 6.79 Å². The highest BCUT2D eigenvalue weighted by Crippen LogP contribution is 2.29. The number of rotatable bonds is 0. The Morgan fingerprint density at radius 3 is 3.08 bits per heavy atom. The van der Waals surface area contributed by atoms with Crippen LogP contribution in [0.4, 0.5) is 4.39 Å². The van der Waals surface area contributed by atoms with E-state index in [2.05, 4.69) is 0 Å². The van der Waals surface area contributed by atoms with E-state index in [4.69, 9.17) is 9.47 Å². The first-order chi connectivity index (χ1) is 5.77. The number of halogens is 2. The summed E-state index contributed by atoms with van der Waals surface area (Å²) in [5.74, 6) is 0.510. The van der Waals surface area contributed by atoms with Gasteiger partial charge in [-0.2, -0.15) is 0 Å². The minimum absolute atomic E-state index is 0.243. The fourth-order valence-electron chi connectivity index (χ4n) is 1.13. The molecule has 0 aliphatic carbocycles. The minimum atomic E-state index is -0.243. The van der Waals surface area contributed by atoms with Crippen molar-refractivity contribution in [2.75, 3.05) is 6.79 Å². The van der Waals surface area contributed by atoms with Crippen molar-refractivity contribution >= 4 is 22.6 Å². The summed E-state index contributed by atoms with van der Waals surface area (Å²) in [6, 6.07) is 2.89. The molecular weight excluding hydrogens is 274 g/mol. The third-order valence-corrected chi connectivity index (χ3v) is 2.43. The van der Waals surface area contributed by atoms with Crippen molar-refractivity contribution in [3.8, 4) is 5.75 Å². The molecule has 0 radical (unpaired) electrons. The van der Waals surface area contributed by atoms with Gasteiger partial charge in [0, 0.05) is 5.56 Å². The van der Waals surface area contributed by atoms with Crippen molar-refractivity contribution in [1.29, 1.82) is 0 Å². The second kappa shape index (κ2) is 3.18. The molecule has 2 nitrogen and oxygen atoms in total. The monoisotopic (exact) mass is 280 g/mol. The molecule has 1 aliphatic heterocycles. The highest BCUT2D eigenvalue weighted by molar-refractivity contribution is 14.1. The molecular formula is C8H6FIO2. The van der Waals surface area contributed by atoms with Gasteiger partial charge in [-0.3, -0.25) is 0 Å². The summed E-state index contributed by atoms with van der Waals surface area (Å²) in [5.41, 5.74) is 0.783. The van der Waals surface area contributed by atoms with Crippen molar-refractivity contribution in [3.05, 3.63) is 27.1 Å². The lowest BCUT2D eigenvalue weighted by atomic mass is 10.2. The van der Waals surface area contributed by atoms with Crippen LogP contribution in [0.5, 0.6) is 5.75 Å². The number of fused-ring (bicyclic) bond motifs is 1. The van der Waals surface area contributed by atoms with Gasteiger partial charge in [-0.25, -0.2) is 4.39 Å². The zero-order chi connectivity index (χ0) is 8.55. The summed E-state index contributed by atoms with van der Waals surface area (Å²) < 4.78 is 23.9. The second-order valence-corrected chi connectivity index (χ2v) is 3.65. The lowest BCUT2D eigenvalue weighted by Gasteiger charge is -2.18. The summed E-state index contributed by atoms with van der Waals surface area (Å²) in [6.45, 7) is 0.692. The van der Waals surface area contributed by atoms with Gasteiger partial charge in [0.25, 0.3) is 0 Å². The maximum atomic E-state index is 12.8. The third-order valence-electron chi connectivity index (χ3n) is 1.63. The van der Waals surface area contributed by atoms with Crippen LogP contribution in [0.15, 0.2) is 12.1 Å². The molecule has 64 valence electrons. The van der Waals surface area contributed by atoms with Gasteiger partial charge in [-0.05, 0) is 34.7 Å². The highest BCUT2D eigenvalue weighted by Gasteiger charge is 2.14. The average Bonchev–Trinajstić information content (AvgIpc) is 2.04. The first kappa shape index (κ1) is 8.25. The largest absolute Gasteiger partial charge is 0.466 e. The Kier molecular flexibility index (Phi) is 2.18. The third kappa shape index (κ3) is 1.40. The topological polar surface area (TPSA) is 18.5 Å². The zero-order valence-corrected chi connectivity index (χ0v) is 8.30. The van der Waals surface area contributed by atoms with Gasteiger partial charge in [-0.1, -0.05) is 0 Å². The van der Waals surface area contributed by atoms with E-state index in [1.165, 1.54) is 12.1 Å². The van der Waals surface area contributed by atoms with Gasteiger partial charge < -0.3 is 9.47 Å². The molecule has 4 heteroatoms. The van der Waals surface area contributed by atoms with E-state index in [9.17, 15) is 4.39 Å². The second-order valence-electron chi connectivity index (χ2n) is 2.49. The molecule has 2 rings (SSSR count). The Bertz CT molecular complexity index is 314. The van der Waals surface area contributed by atoms with E-state index in [1.807, 2.05) is 22.6 Å². The first-order valence-corrected chi connectivity index (χ1v) is 4.54. The number of hydrogen-bond donors (Lipinski definition) is 0. The molecule has 12 heavy (non-hydrogen) atoms. The van der Waals surface area contributed by atoms with E-state index >= 15 is 0 Å². The molecule has 0 bridgehead atoms. The molecule has 1 aliphatic rings. The molecule has 0 unspecified atom stereocenters. The van der Waals surface area contributed by atoms with E-state index in [0.717, 1.165) is 14.9 Å². The van der Waals surface area contributed by atoms with Crippen molar-refractivity contribution in [2.45, 2.75) is 6.61 Å². The van der Waals surface area contributed by atoms with E-state index in [-0.39, 0.29) is 12.6 Å². The van der Waals surface area contributed by atoms with Crippen molar-refractivity contribution in [1.82, 2.24) is 0 Å². The summed E-state index contributed by atoms with van der Waals surface area (Å²) in [7, 11) is 0. The molecule has 1 aromatic rings. The molecule has 1 heterocycles. The Labute approximate surface area is 82.8 Å². The molecule has 0 N–H and O–H groups in total. The van der Waals surface area contributed by atoms with Crippen molar-refractivity contribution in [3.63, 3.8) is 0 Å². The molecule has 0 saturated carbocycles. The van der Waals surface area contributed by atoms with Gasteiger partial charge in [0.05, 0.1) is 10.2 Å². The predicted molar refractivity (Wildman–Crippen MR) is 49.4 cm³/mol. The minimum Gasteiger partial charge on any atom is -0.466 e. The summed E-state index contributed by atoms with van der Waals surface area (Å²) in [4.78, 5) is 0. The standard InChI is InChI=1S/C8H6FIO2/c9-6-1-5-3-11-4-12-8(5)7(10)2-6/h1-2H,3-4H2. The quantitative estimate of drug-likeness (QED) is 0.679. The first-order valence-electron chi connectivity index (χ1n) is 3.46. The number of hydrogen-bond acceptors (Lipinski definition) is 2. The Morgan fingerprint density at radius 1 is 1.42 bits per heavy atom. The number of benzene rings is 1. The molecule has 0 saturated heterocycles. The zero-order valence-electron chi connectivity index (χ0n) is 6.14. The number of ether oxygens (including phenoxy) is 2. The molecule has 0 fully saturated rings. The maximum absolute atomic E-state index is 12.8. The van der Waals surface area contributed by atoms with Gasteiger partial charge >= 0.3 is 0 Å². The average molecular weight is 280 g/mol. The molecule has 1 aromatic carbocycles. The van der Waals surface area contributed by atoms with E-state index < -0.39 is 0 Å². The van der Waals surface area contributed by atoms with Crippen LogP contribution in [0.1, 0.15) is 5.56 Å². The summed E-state index contributed by atoms with van der Waals surface area (Å²) in [6.07, 6.45) is 0. The molecule has 0 atom stereocenters. The van der Waals surface area contributed by atoms with Crippen LogP contribution in [0, 0.1) is 9.39 Å². The fourth-order valence-corrected chi connectivity index (χ4v) is 1.93. The SMILES string of the molecule is Fc1cc(I)c2c(c1)COCO2. The van der Waals surface area contributed by atoms with E-state index in [1.54, 1.807) is 0 Å². The maximum Gasteiger partial charge on any atom is 0.189 e. The van der Waals surface area contributed by atoms with Crippen LogP contribution in [0.2, 0.25) is 0 Å². The Hall–Kier alpha value is -0.360. The summed E-state index contributed by atoms with van der Waals surface area (Å²) in [5, 5.41) is 0. The molecule has 0 aromatic heterocycles. The van der Waals surface area contributed by atoms with Crippen LogP contribution in [-0.4, -0.2) is 6.79 Å². The smallest absolute Gasteiger partial charge is 0.189 e. The Balaban J connectivity index is 2.53. The van der Waals surface area contributed by atoms with Crippen LogP contribution in [-0.2, 0) is 11.3 Å². The summed E-state index contributed by atoms with van der Waals surface area (Å²) >= 11 is 2.05. The van der Waals surface area contributed by atoms with Crippen molar-refractivity contribution < 1.29 is 13.9 Å². The Morgan fingerprint density at radius 2 is 2.25 bits per heavy atom. The lowest BCUT2D eigenvalue weighted by Crippen LogP contribution is -2.12. The van der Waals surface area contributed by atoms with Crippen LogP contribution >= 0.6 is 22.6 Å². The molecule has 0 spiro atoms. The van der Waals surface area contributed by atoms with Crippen molar-refractivity contribution in [2.24, 2.45) is 0 Å². The lowest BCUT2D eigenvalue weighted by molar-refractivity contribution is -0.0172. The van der Waals surface area contributed by atoms with Crippen LogP contribution in [0.25, 0.3) is 0 Å². The normalized spacial score (nSPS) is 15.2. The van der Waals surface area contributed by atoms with E-state index in [0.29, 0.717) is 6.61 Å². The van der Waals surface area contributed by atoms with Crippen LogP contribution < -0.4 is 4.74 Å². The van der Waals surface area contributed by atoms with Gasteiger partial charge in [-0.15, -0.1) is 0 Å². The fraction of sp³-hybridized carbons (Fsp3) is 0.250. The van der Waals surface area contributed by atoms with Gasteiger partial charge in [0.2, 0.25) is 0 Å². The predicted octanol–water partition coefficient (Wildman–Crippen LogP) is 2.30.